The lowest BCUT2D eigenvalue weighted by Crippen LogP contribution is -2.49. The topological polar surface area (TPSA) is 66.5 Å². The van der Waals surface area contributed by atoms with Crippen LogP contribution in [0.2, 0.25) is 0 Å². The fraction of sp³-hybridized carbons (Fsp3) is 0.905. The van der Waals surface area contributed by atoms with Gasteiger partial charge in [-0.15, -0.1) is 0 Å². The molecular formula is C21H35NO2. The summed E-state index contributed by atoms with van der Waals surface area (Å²) in [5, 5.41) is 20.2. The monoisotopic (exact) mass is 333 g/mol. The lowest BCUT2D eigenvalue weighted by Gasteiger charge is -2.52. The SMILES string of the molecule is CC1(C)CCC2=C1CCC1(C3(C)CCC(O)CC3CO)CC21CN. The van der Waals surface area contributed by atoms with E-state index in [9.17, 15) is 10.2 Å². The molecule has 2 fully saturated rings. The molecule has 0 aliphatic heterocycles. The van der Waals surface area contributed by atoms with E-state index in [4.69, 9.17) is 5.73 Å². The van der Waals surface area contributed by atoms with Crippen molar-refractivity contribution in [1.29, 1.82) is 0 Å². The summed E-state index contributed by atoms with van der Waals surface area (Å²) in [6, 6.07) is 0. The van der Waals surface area contributed by atoms with Crippen molar-refractivity contribution in [2.75, 3.05) is 13.2 Å². The minimum atomic E-state index is -0.235. The van der Waals surface area contributed by atoms with Gasteiger partial charge in [0.2, 0.25) is 0 Å². The van der Waals surface area contributed by atoms with E-state index in [1.54, 1.807) is 11.1 Å². The van der Waals surface area contributed by atoms with Crippen molar-refractivity contribution in [1.82, 2.24) is 0 Å². The number of fused-ring (bicyclic) bond motifs is 2. The molecular weight excluding hydrogens is 298 g/mol. The summed E-state index contributed by atoms with van der Waals surface area (Å²) in [7, 11) is 0. The molecule has 0 spiro atoms. The van der Waals surface area contributed by atoms with Gasteiger partial charge in [0.05, 0.1) is 6.10 Å². The summed E-state index contributed by atoms with van der Waals surface area (Å²) in [6.07, 6.45) is 8.61. The number of allylic oxidation sites excluding steroid dienone is 1. The van der Waals surface area contributed by atoms with E-state index < -0.39 is 0 Å². The van der Waals surface area contributed by atoms with E-state index in [0.29, 0.717) is 5.41 Å². The zero-order chi connectivity index (χ0) is 17.4. The Kier molecular flexibility index (Phi) is 3.61. The van der Waals surface area contributed by atoms with Gasteiger partial charge in [0, 0.05) is 18.6 Å². The van der Waals surface area contributed by atoms with Crippen LogP contribution in [0.1, 0.15) is 72.1 Å². The van der Waals surface area contributed by atoms with Crippen molar-refractivity contribution < 1.29 is 10.2 Å². The summed E-state index contributed by atoms with van der Waals surface area (Å²) >= 11 is 0. The van der Waals surface area contributed by atoms with E-state index in [2.05, 4.69) is 20.8 Å². The summed E-state index contributed by atoms with van der Waals surface area (Å²) < 4.78 is 0. The lowest BCUT2D eigenvalue weighted by molar-refractivity contribution is -0.0667. The third kappa shape index (κ3) is 1.84. The zero-order valence-corrected chi connectivity index (χ0v) is 15.7. The highest BCUT2D eigenvalue weighted by molar-refractivity contribution is 5.46. The maximum absolute atomic E-state index is 10.1. The van der Waals surface area contributed by atoms with Crippen molar-refractivity contribution in [3.05, 3.63) is 11.1 Å². The van der Waals surface area contributed by atoms with Crippen LogP contribution in [0.3, 0.4) is 0 Å². The third-order valence-corrected chi connectivity index (χ3v) is 9.07. The Labute approximate surface area is 146 Å². The van der Waals surface area contributed by atoms with Crippen molar-refractivity contribution in [3.8, 4) is 0 Å². The third-order valence-electron chi connectivity index (χ3n) is 9.07. The maximum atomic E-state index is 10.1. The zero-order valence-electron chi connectivity index (χ0n) is 15.7. The van der Waals surface area contributed by atoms with Crippen LogP contribution in [-0.2, 0) is 0 Å². The number of hydrogen-bond donors (Lipinski definition) is 3. The highest BCUT2D eigenvalue weighted by atomic mass is 16.3. The number of rotatable bonds is 3. The Morgan fingerprint density at radius 1 is 1.08 bits per heavy atom. The average molecular weight is 334 g/mol. The predicted octanol–water partition coefficient (Wildman–Crippen LogP) is 3.39. The highest BCUT2D eigenvalue weighted by Gasteiger charge is 2.77. The molecule has 0 amide bonds. The standard InChI is InChI=1S/C21H35NO2/c1-18(2)7-5-17-16(18)6-9-21(12-20(17,21)13-22)19(3)8-4-15(24)10-14(19)11-23/h14-15,23-24H,4-13,22H2,1-3H3. The molecule has 4 aliphatic carbocycles. The van der Waals surface area contributed by atoms with Gasteiger partial charge in [0.1, 0.15) is 0 Å². The molecule has 0 bridgehead atoms. The largest absolute Gasteiger partial charge is 0.396 e. The minimum absolute atomic E-state index is 0.117. The molecule has 0 saturated heterocycles. The second kappa shape index (κ2) is 5.08. The van der Waals surface area contributed by atoms with Gasteiger partial charge in [0.25, 0.3) is 0 Å². The summed E-state index contributed by atoms with van der Waals surface area (Å²) in [5.74, 6) is 0.214. The number of hydrogen-bond acceptors (Lipinski definition) is 3. The quantitative estimate of drug-likeness (QED) is 0.694. The normalized spacial score (nSPS) is 49.8. The van der Waals surface area contributed by atoms with Gasteiger partial charge in [-0.25, -0.2) is 0 Å². The van der Waals surface area contributed by atoms with Gasteiger partial charge < -0.3 is 15.9 Å². The molecule has 24 heavy (non-hydrogen) atoms. The molecule has 5 unspecified atom stereocenters. The molecule has 0 aromatic carbocycles. The van der Waals surface area contributed by atoms with Gasteiger partial charge >= 0.3 is 0 Å². The molecule has 136 valence electrons. The summed E-state index contributed by atoms with van der Waals surface area (Å²) in [6.45, 7) is 8.18. The van der Waals surface area contributed by atoms with Crippen LogP contribution in [-0.4, -0.2) is 29.5 Å². The van der Waals surface area contributed by atoms with Crippen LogP contribution < -0.4 is 5.73 Å². The van der Waals surface area contributed by atoms with Crippen molar-refractivity contribution >= 4 is 0 Å². The molecule has 4 rings (SSSR count). The summed E-state index contributed by atoms with van der Waals surface area (Å²) in [4.78, 5) is 0. The van der Waals surface area contributed by atoms with Crippen LogP contribution in [0.5, 0.6) is 0 Å². The smallest absolute Gasteiger partial charge is 0.0544 e. The number of aliphatic hydroxyl groups is 2. The Balaban J connectivity index is 1.75. The molecule has 4 N–H and O–H groups in total. The van der Waals surface area contributed by atoms with E-state index in [-0.39, 0.29) is 34.9 Å². The first kappa shape index (κ1) is 17.1. The molecule has 3 heteroatoms. The Bertz CT molecular complexity index is 582. The van der Waals surface area contributed by atoms with Crippen LogP contribution in [0.15, 0.2) is 11.1 Å². The minimum Gasteiger partial charge on any atom is -0.396 e. The Hall–Kier alpha value is -0.380. The molecule has 2 saturated carbocycles. The van der Waals surface area contributed by atoms with Crippen molar-refractivity contribution in [3.63, 3.8) is 0 Å². The van der Waals surface area contributed by atoms with Gasteiger partial charge in [-0.3, -0.25) is 0 Å². The fourth-order valence-electron chi connectivity index (χ4n) is 7.41. The first-order valence-corrected chi connectivity index (χ1v) is 9.98. The summed E-state index contributed by atoms with van der Waals surface area (Å²) in [5.41, 5.74) is 10.8. The molecule has 4 aliphatic rings. The molecule has 0 aromatic rings. The Morgan fingerprint density at radius 3 is 2.46 bits per heavy atom. The molecule has 0 radical (unpaired) electrons. The molecule has 0 heterocycles. The second-order valence-electron chi connectivity index (χ2n) is 10.1. The number of aliphatic hydroxyl groups excluding tert-OH is 2. The van der Waals surface area contributed by atoms with Crippen LogP contribution in [0, 0.1) is 27.6 Å². The molecule has 0 aromatic heterocycles. The fourth-order valence-corrected chi connectivity index (χ4v) is 7.41. The molecule has 5 atom stereocenters. The van der Waals surface area contributed by atoms with Gasteiger partial charge in [-0.05, 0) is 73.5 Å². The first-order valence-electron chi connectivity index (χ1n) is 9.98. The van der Waals surface area contributed by atoms with Crippen LogP contribution in [0.25, 0.3) is 0 Å². The molecule has 3 nitrogen and oxygen atoms in total. The van der Waals surface area contributed by atoms with Gasteiger partial charge in [0.15, 0.2) is 0 Å². The van der Waals surface area contributed by atoms with E-state index >= 15 is 0 Å². The van der Waals surface area contributed by atoms with Crippen LogP contribution >= 0.6 is 0 Å². The van der Waals surface area contributed by atoms with E-state index in [0.717, 1.165) is 25.8 Å². The van der Waals surface area contributed by atoms with Crippen LogP contribution in [0.4, 0.5) is 0 Å². The Morgan fingerprint density at radius 2 is 1.79 bits per heavy atom. The maximum Gasteiger partial charge on any atom is 0.0544 e. The number of nitrogens with two attached hydrogens (primary N) is 1. The van der Waals surface area contributed by atoms with Gasteiger partial charge in [-0.2, -0.15) is 0 Å². The van der Waals surface area contributed by atoms with Gasteiger partial charge in [-0.1, -0.05) is 31.9 Å². The average Bonchev–Trinajstić information content (AvgIpc) is 3.17. The highest BCUT2D eigenvalue weighted by Crippen LogP contribution is 2.83. The van der Waals surface area contributed by atoms with Crippen molar-refractivity contribution in [2.24, 2.45) is 33.3 Å². The van der Waals surface area contributed by atoms with E-state index in [1.807, 2.05) is 0 Å². The first-order chi connectivity index (χ1) is 11.3. The van der Waals surface area contributed by atoms with Crippen molar-refractivity contribution in [2.45, 2.75) is 78.2 Å². The second-order valence-corrected chi connectivity index (χ2v) is 10.1. The van der Waals surface area contributed by atoms with E-state index in [1.165, 1.54) is 32.1 Å². The lowest BCUT2D eigenvalue weighted by atomic mass is 9.53. The predicted molar refractivity (Wildman–Crippen MR) is 96.4 cm³/mol.